The lowest BCUT2D eigenvalue weighted by atomic mass is 9.87. The highest BCUT2D eigenvalue weighted by atomic mass is 16.6. The van der Waals surface area contributed by atoms with Gasteiger partial charge in [0.15, 0.2) is 0 Å². The number of nitro benzene ring substituents is 1. The smallest absolute Gasteiger partial charge is 0.269 e. The lowest BCUT2D eigenvalue weighted by Gasteiger charge is -2.23. The van der Waals surface area contributed by atoms with Crippen LogP contribution < -0.4 is 0 Å². The Morgan fingerprint density at radius 1 is 1.07 bits per heavy atom. The average Bonchev–Trinajstić information content (AvgIpc) is 3.17. The molecule has 0 bridgehead atoms. The van der Waals surface area contributed by atoms with Gasteiger partial charge in [0.1, 0.15) is 0 Å². The monoisotopic (exact) mass is 394 g/mol. The van der Waals surface area contributed by atoms with Gasteiger partial charge in [0.05, 0.1) is 11.0 Å². The van der Waals surface area contributed by atoms with Crippen LogP contribution in [0.25, 0.3) is 11.5 Å². The minimum atomic E-state index is -0.436. The zero-order valence-electron chi connectivity index (χ0n) is 17.4. The van der Waals surface area contributed by atoms with Gasteiger partial charge in [0.2, 0.25) is 11.8 Å². The second kappa shape index (κ2) is 8.13. The Morgan fingerprint density at radius 2 is 1.69 bits per heavy atom. The van der Waals surface area contributed by atoms with E-state index < -0.39 is 4.92 Å². The van der Waals surface area contributed by atoms with Gasteiger partial charge in [-0.05, 0) is 42.6 Å². The van der Waals surface area contributed by atoms with E-state index in [0.29, 0.717) is 17.3 Å². The number of benzene rings is 2. The Labute approximate surface area is 170 Å². The normalized spacial score (nSPS) is 12.9. The highest BCUT2D eigenvalue weighted by Gasteiger charge is 2.20. The predicted octanol–water partition coefficient (Wildman–Crippen LogP) is 5.14. The van der Waals surface area contributed by atoms with Crippen LogP contribution in [0.5, 0.6) is 0 Å². The van der Waals surface area contributed by atoms with E-state index in [9.17, 15) is 10.1 Å². The van der Waals surface area contributed by atoms with Crippen LogP contribution in [0.3, 0.4) is 0 Å². The molecule has 1 aromatic heterocycles. The predicted molar refractivity (Wildman–Crippen MR) is 111 cm³/mol. The Balaban J connectivity index is 1.68. The molecular weight excluding hydrogens is 368 g/mol. The Morgan fingerprint density at radius 3 is 2.24 bits per heavy atom. The summed E-state index contributed by atoms with van der Waals surface area (Å²) in [5.74, 6) is 0.858. The van der Waals surface area contributed by atoms with Gasteiger partial charge in [0, 0.05) is 24.2 Å². The van der Waals surface area contributed by atoms with Crippen LogP contribution in [0.4, 0.5) is 5.69 Å². The molecule has 29 heavy (non-hydrogen) atoms. The van der Waals surface area contributed by atoms with Crippen molar-refractivity contribution in [3.8, 4) is 11.5 Å². The van der Waals surface area contributed by atoms with Crippen molar-refractivity contribution >= 4 is 5.69 Å². The summed E-state index contributed by atoms with van der Waals surface area (Å²) >= 11 is 0. The molecule has 2 aromatic carbocycles. The number of hydrogen-bond acceptors (Lipinski definition) is 6. The summed E-state index contributed by atoms with van der Waals surface area (Å²) in [6, 6.07) is 14.7. The van der Waals surface area contributed by atoms with E-state index in [0.717, 1.165) is 6.54 Å². The maximum Gasteiger partial charge on any atom is 0.269 e. The highest BCUT2D eigenvalue weighted by Crippen LogP contribution is 2.26. The second-order valence-corrected chi connectivity index (χ2v) is 8.29. The minimum Gasteiger partial charge on any atom is -0.419 e. The third-order valence-corrected chi connectivity index (χ3v) is 5.04. The van der Waals surface area contributed by atoms with Crippen LogP contribution in [0.2, 0.25) is 0 Å². The number of hydrogen-bond donors (Lipinski definition) is 0. The van der Waals surface area contributed by atoms with Crippen molar-refractivity contribution in [1.82, 2.24) is 15.1 Å². The van der Waals surface area contributed by atoms with Crippen LogP contribution in [-0.2, 0) is 12.0 Å². The summed E-state index contributed by atoms with van der Waals surface area (Å²) < 4.78 is 5.82. The fourth-order valence-electron chi connectivity index (χ4n) is 2.97. The summed E-state index contributed by atoms with van der Waals surface area (Å²) in [7, 11) is 2.01. The molecule has 0 radical (unpaired) electrons. The topological polar surface area (TPSA) is 85.3 Å². The molecule has 0 N–H and O–H groups in total. The van der Waals surface area contributed by atoms with E-state index >= 15 is 0 Å². The molecule has 0 fully saturated rings. The quantitative estimate of drug-likeness (QED) is 0.425. The van der Waals surface area contributed by atoms with Gasteiger partial charge in [-0.2, -0.15) is 0 Å². The van der Waals surface area contributed by atoms with Crippen molar-refractivity contribution in [3.05, 3.63) is 75.7 Å². The van der Waals surface area contributed by atoms with Crippen molar-refractivity contribution in [1.29, 1.82) is 0 Å². The molecule has 3 rings (SSSR count). The molecule has 0 saturated carbocycles. The van der Waals surface area contributed by atoms with Gasteiger partial charge in [-0.3, -0.25) is 15.0 Å². The van der Waals surface area contributed by atoms with Crippen molar-refractivity contribution < 1.29 is 9.34 Å². The number of aromatic nitrogens is 2. The van der Waals surface area contributed by atoms with E-state index in [1.54, 1.807) is 12.1 Å². The Hall–Kier alpha value is -3.06. The van der Waals surface area contributed by atoms with Crippen molar-refractivity contribution in [2.75, 3.05) is 7.05 Å². The maximum absolute atomic E-state index is 10.8. The lowest BCUT2D eigenvalue weighted by Crippen LogP contribution is -2.22. The Kier molecular flexibility index (Phi) is 5.79. The van der Waals surface area contributed by atoms with E-state index in [1.165, 1.54) is 23.3 Å². The summed E-state index contributed by atoms with van der Waals surface area (Å²) in [6.07, 6.45) is 0. The first kappa shape index (κ1) is 20.7. The van der Waals surface area contributed by atoms with Crippen LogP contribution in [0.1, 0.15) is 50.8 Å². The summed E-state index contributed by atoms with van der Waals surface area (Å²) in [4.78, 5) is 12.5. The zero-order chi connectivity index (χ0) is 21.2. The van der Waals surface area contributed by atoms with Gasteiger partial charge < -0.3 is 4.42 Å². The molecule has 152 valence electrons. The third kappa shape index (κ3) is 4.86. The standard InChI is InChI=1S/C22H26N4O3/c1-15(25(5)14-16-6-10-18(11-7-16)22(2,3)4)20-23-24-21(29-20)17-8-12-19(13-9-17)26(27)28/h6-13,15H,14H2,1-5H3/t15-/m1/s1. The first-order valence-corrected chi connectivity index (χ1v) is 9.53. The van der Waals surface area contributed by atoms with Crippen LogP contribution >= 0.6 is 0 Å². The minimum absolute atomic E-state index is 0.0269. The van der Waals surface area contributed by atoms with Gasteiger partial charge in [-0.1, -0.05) is 45.0 Å². The molecule has 0 amide bonds. The number of non-ortho nitro benzene ring substituents is 1. The Bertz CT molecular complexity index is 973. The van der Waals surface area contributed by atoms with E-state index in [1.807, 2.05) is 14.0 Å². The fraction of sp³-hybridized carbons (Fsp3) is 0.364. The second-order valence-electron chi connectivity index (χ2n) is 8.29. The molecular formula is C22H26N4O3. The highest BCUT2D eigenvalue weighted by molar-refractivity contribution is 5.55. The van der Waals surface area contributed by atoms with E-state index in [4.69, 9.17) is 4.42 Å². The molecule has 0 aliphatic heterocycles. The SMILES string of the molecule is C[C@H](c1nnc(-c2ccc([N+](=O)[O-])cc2)o1)N(C)Cc1ccc(C(C)(C)C)cc1. The van der Waals surface area contributed by atoms with E-state index in [2.05, 4.69) is 60.1 Å². The van der Waals surface area contributed by atoms with E-state index in [-0.39, 0.29) is 17.1 Å². The fourth-order valence-corrected chi connectivity index (χ4v) is 2.97. The molecule has 7 nitrogen and oxygen atoms in total. The largest absolute Gasteiger partial charge is 0.419 e. The molecule has 7 heteroatoms. The molecule has 1 heterocycles. The average molecular weight is 394 g/mol. The zero-order valence-corrected chi connectivity index (χ0v) is 17.4. The molecule has 0 aliphatic rings. The molecule has 1 atom stereocenters. The lowest BCUT2D eigenvalue weighted by molar-refractivity contribution is -0.384. The molecule has 0 aliphatic carbocycles. The van der Waals surface area contributed by atoms with Gasteiger partial charge in [-0.15, -0.1) is 10.2 Å². The first-order valence-electron chi connectivity index (χ1n) is 9.53. The van der Waals surface area contributed by atoms with Crippen molar-refractivity contribution in [2.24, 2.45) is 0 Å². The molecule has 0 saturated heterocycles. The number of nitro groups is 1. The first-order chi connectivity index (χ1) is 13.6. The summed E-state index contributed by atoms with van der Waals surface area (Å²) in [6.45, 7) is 9.37. The van der Waals surface area contributed by atoms with Gasteiger partial charge >= 0.3 is 0 Å². The van der Waals surface area contributed by atoms with Crippen molar-refractivity contribution in [2.45, 2.75) is 45.7 Å². The molecule has 3 aromatic rings. The maximum atomic E-state index is 10.8. The summed E-state index contributed by atoms with van der Waals surface area (Å²) in [5, 5.41) is 19.0. The molecule has 0 spiro atoms. The van der Waals surface area contributed by atoms with Gasteiger partial charge in [-0.25, -0.2) is 0 Å². The third-order valence-electron chi connectivity index (χ3n) is 5.04. The van der Waals surface area contributed by atoms with Crippen LogP contribution in [0.15, 0.2) is 52.9 Å². The number of rotatable bonds is 6. The van der Waals surface area contributed by atoms with Crippen LogP contribution in [0, 0.1) is 10.1 Å². The molecule has 0 unspecified atom stereocenters. The van der Waals surface area contributed by atoms with Crippen LogP contribution in [-0.4, -0.2) is 27.1 Å². The number of nitrogens with zero attached hydrogens (tertiary/aromatic N) is 4. The summed E-state index contributed by atoms with van der Waals surface area (Å²) in [5.41, 5.74) is 3.33. The van der Waals surface area contributed by atoms with Crippen molar-refractivity contribution in [3.63, 3.8) is 0 Å². The van der Waals surface area contributed by atoms with Gasteiger partial charge in [0.25, 0.3) is 5.69 Å².